The summed E-state index contributed by atoms with van der Waals surface area (Å²) < 4.78 is 5.81. The van der Waals surface area contributed by atoms with E-state index in [2.05, 4.69) is 12.1 Å². The molecule has 17 heavy (non-hydrogen) atoms. The summed E-state index contributed by atoms with van der Waals surface area (Å²) in [5.41, 5.74) is 0.580. The number of carbonyl (C=O) groups excluding carboxylic acids is 1. The zero-order chi connectivity index (χ0) is 11.7. The number of ketones is 1. The van der Waals surface area contributed by atoms with E-state index in [0.29, 0.717) is 6.61 Å². The second kappa shape index (κ2) is 3.97. The number of ether oxygens (including phenoxy) is 1. The van der Waals surface area contributed by atoms with E-state index in [4.69, 9.17) is 4.74 Å². The van der Waals surface area contributed by atoms with Crippen LogP contribution in [0.4, 0.5) is 0 Å². The van der Waals surface area contributed by atoms with E-state index >= 15 is 0 Å². The van der Waals surface area contributed by atoms with Gasteiger partial charge in [-0.2, -0.15) is 0 Å². The first-order valence-electron chi connectivity index (χ1n) is 5.91. The fraction of sp³-hybridized carbons (Fsp3) is 0.267. The van der Waals surface area contributed by atoms with Crippen molar-refractivity contribution in [2.75, 3.05) is 6.61 Å². The Morgan fingerprint density at radius 3 is 2.65 bits per heavy atom. The highest BCUT2D eigenvalue weighted by molar-refractivity contribution is 6.03. The summed E-state index contributed by atoms with van der Waals surface area (Å²) in [6.07, 6.45) is 8.30. The Labute approximate surface area is 101 Å². The highest BCUT2D eigenvalue weighted by atomic mass is 16.5. The van der Waals surface area contributed by atoms with E-state index in [-0.39, 0.29) is 11.7 Å². The Morgan fingerprint density at radius 1 is 1.18 bits per heavy atom. The molecule has 0 heterocycles. The molecule has 0 radical (unpaired) electrons. The molecule has 0 amide bonds. The average molecular weight is 226 g/mol. The van der Waals surface area contributed by atoms with Crippen molar-refractivity contribution in [1.82, 2.24) is 0 Å². The maximum absolute atomic E-state index is 11.7. The van der Waals surface area contributed by atoms with Crippen LogP contribution in [0.15, 0.2) is 54.6 Å². The van der Waals surface area contributed by atoms with Gasteiger partial charge < -0.3 is 4.74 Å². The van der Waals surface area contributed by atoms with Crippen molar-refractivity contribution in [2.45, 2.75) is 12.0 Å². The summed E-state index contributed by atoms with van der Waals surface area (Å²) in [6, 6.07) is 10.2. The number of hydrogen-bond acceptors (Lipinski definition) is 2. The monoisotopic (exact) mass is 226 g/mol. The third kappa shape index (κ3) is 1.65. The molecule has 2 nitrogen and oxygen atoms in total. The van der Waals surface area contributed by atoms with Crippen LogP contribution in [0.1, 0.15) is 5.56 Å². The van der Waals surface area contributed by atoms with E-state index in [1.807, 2.05) is 36.4 Å². The van der Waals surface area contributed by atoms with Crippen molar-refractivity contribution in [1.29, 1.82) is 0 Å². The molecule has 1 aromatic rings. The van der Waals surface area contributed by atoms with Crippen LogP contribution in [0.2, 0.25) is 0 Å². The smallest absolute Gasteiger partial charge is 0.192 e. The van der Waals surface area contributed by atoms with Gasteiger partial charge in [0.15, 0.2) is 11.4 Å². The molecule has 0 saturated heterocycles. The van der Waals surface area contributed by atoms with Gasteiger partial charge in [-0.15, -0.1) is 0 Å². The number of benzene rings is 1. The second-order valence-electron chi connectivity index (χ2n) is 4.49. The minimum atomic E-state index is -0.658. The first-order chi connectivity index (χ1) is 8.31. The van der Waals surface area contributed by atoms with Gasteiger partial charge in [-0.05, 0) is 24.1 Å². The molecular formula is C15H14O2. The summed E-state index contributed by atoms with van der Waals surface area (Å²) in [4.78, 5) is 11.7. The maximum atomic E-state index is 11.7. The van der Waals surface area contributed by atoms with Gasteiger partial charge in [0, 0.05) is 5.92 Å². The molecule has 2 atom stereocenters. The number of carbonyl (C=O) groups is 1. The van der Waals surface area contributed by atoms with Crippen LogP contribution >= 0.6 is 0 Å². The summed E-state index contributed by atoms with van der Waals surface area (Å²) in [5.74, 6) is 0.240. The van der Waals surface area contributed by atoms with Crippen molar-refractivity contribution in [3.8, 4) is 0 Å². The molecule has 0 aliphatic heterocycles. The molecule has 3 rings (SSSR count). The quantitative estimate of drug-likeness (QED) is 0.736. The van der Waals surface area contributed by atoms with Crippen molar-refractivity contribution in [3.63, 3.8) is 0 Å². The summed E-state index contributed by atoms with van der Waals surface area (Å²) in [5, 5.41) is 0. The lowest BCUT2D eigenvalue weighted by Crippen LogP contribution is -2.47. The van der Waals surface area contributed by atoms with Crippen LogP contribution in [-0.2, 0) is 16.0 Å². The van der Waals surface area contributed by atoms with E-state index in [9.17, 15) is 4.79 Å². The largest absolute Gasteiger partial charge is 0.361 e. The fourth-order valence-corrected chi connectivity index (χ4v) is 2.35. The first-order valence-corrected chi connectivity index (χ1v) is 5.91. The van der Waals surface area contributed by atoms with E-state index in [0.717, 1.165) is 6.42 Å². The van der Waals surface area contributed by atoms with Gasteiger partial charge in [-0.1, -0.05) is 42.5 Å². The zero-order valence-electron chi connectivity index (χ0n) is 9.50. The van der Waals surface area contributed by atoms with Crippen molar-refractivity contribution >= 4 is 5.78 Å². The minimum absolute atomic E-state index is 0.0815. The van der Waals surface area contributed by atoms with Crippen LogP contribution in [0.3, 0.4) is 0 Å². The molecule has 0 spiro atoms. The fourth-order valence-electron chi connectivity index (χ4n) is 2.35. The third-order valence-corrected chi connectivity index (χ3v) is 3.46. The van der Waals surface area contributed by atoms with Crippen molar-refractivity contribution in [3.05, 3.63) is 60.2 Å². The Hall–Kier alpha value is -1.67. The van der Waals surface area contributed by atoms with Gasteiger partial charge in [0.25, 0.3) is 0 Å². The highest BCUT2D eigenvalue weighted by Gasteiger charge is 2.50. The third-order valence-electron chi connectivity index (χ3n) is 3.46. The highest BCUT2D eigenvalue weighted by Crippen LogP contribution is 2.40. The molecule has 2 aliphatic rings. The Kier molecular flexibility index (Phi) is 2.45. The van der Waals surface area contributed by atoms with Gasteiger partial charge in [0.2, 0.25) is 0 Å². The van der Waals surface area contributed by atoms with Crippen LogP contribution in [0.5, 0.6) is 0 Å². The van der Waals surface area contributed by atoms with Gasteiger partial charge in [-0.25, -0.2) is 0 Å². The number of fused-ring (bicyclic) bond motifs is 1. The van der Waals surface area contributed by atoms with Crippen molar-refractivity contribution < 1.29 is 9.53 Å². The lowest BCUT2D eigenvalue weighted by atomic mass is 9.79. The normalized spacial score (nSPS) is 29.2. The van der Waals surface area contributed by atoms with E-state index < -0.39 is 5.60 Å². The Bertz CT molecular complexity index is 487. The number of hydrogen-bond donors (Lipinski definition) is 0. The lowest BCUT2D eigenvalue weighted by Gasteiger charge is -2.36. The first kappa shape index (κ1) is 10.5. The van der Waals surface area contributed by atoms with Gasteiger partial charge in [0.1, 0.15) is 0 Å². The molecule has 86 valence electrons. The molecular weight excluding hydrogens is 212 g/mol. The van der Waals surface area contributed by atoms with E-state index in [1.54, 1.807) is 6.08 Å². The molecule has 0 unspecified atom stereocenters. The van der Waals surface area contributed by atoms with Crippen LogP contribution in [0.25, 0.3) is 0 Å². The average Bonchev–Trinajstić information content (AvgIpc) is 2.54. The molecule has 0 bridgehead atoms. The summed E-state index contributed by atoms with van der Waals surface area (Å²) in [7, 11) is 0. The van der Waals surface area contributed by atoms with Gasteiger partial charge >= 0.3 is 0 Å². The van der Waals surface area contributed by atoms with Crippen LogP contribution < -0.4 is 0 Å². The lowest BCUT2D eigenvalue weighted by molar-refractivity contribution is -0.136. The summed E-state index contributed by atoms with van der Waals surface area (Å²) >= 11 is 0. The van der Waals surface area contributed by atoms with Crippen LogP contribution in [-0.4, -0.2) is 18.0 Å². The standard InChI is InChI=1S/C15H14O2/c16-14-7-6-13-8-10-15(13,14)17-11-9-12-4-2-1-3-5-12/h1-8,10,13H,9,11H2/t13-,15-/m0/s1. The summed E-state index contributed by atoms with van der Waals surface area (Å²) in [6.45, 7) is 0.582. The Balaban J connectivity index is 1.59. The second-order valence-corrected chi connectivity index (χ2v) is 4.49. The maximum Gasteiger partial charge on any atom is 0.192 e. The SMILES string of the molecule is O=C1C=C[C@H]2C=C[C@@]12OCCc1ccccc1. The predicted molar refractivity (Wildman–Crippen MR) is 65.6 cm³/mol. The van der Waals surface area contributed by atoms with Gasteiger partial charge in [0.05, 0.1) is 6.61 Å². The van der Waals surface area contributed by atoms with Crippen LogP contribution in [0, 0.1) is 5.92 Å². The van der Waals surface area contributed by atoms with Crippen molar-refractivity contribution in [2.24, 2.45) is 5.92 Å². The predicted octanol–water partition coefficient (Wildman–Crippen LogP) is 2.31. The Morgan fingerprint density at radius 2 is 2.00 bits per heavy atom. The molecule has 0 fully saturated rings. The molecule has 2 aliphatic carbocycles. The molecule has 2 heteroatoms. The number of rotatable bonds is 4. The zero-order valence-corrected chi connectivity index (χ0v) is 9.50. The topological polar surface area (TPSA) is 26.3 Å². The van der Waals surface area contributed by atoms with Gasteiger partial charge in [-0.3, -0.25) is 4.79 Å². The molecule has 0 saturated carbocycles. The molecule has 0 N–H and O–H groups in total. The minimum Gasteiger partial charge on any atom is -0.361 e. The van der Waals surface area contributed by atoms with E-state index in [1.165, 1.54) is 5.56 Å². The molecule has 1 aromatic carbocycles. The molecule has 0 aromatic heterocycles.